The van der Waals surface area contributed by atoms with Crippen molar-refractivity contribution in [1.29, 1.82) is 0 Å². The Hall–Kier alpha value is -3.07. The minimum atomic E-state index is -4.14. The molecule has 1 N–H and O–H groups in total. The van der Waals surface area contributed by atoms with E-state index in [0.29, 0.717) is 27.7 Å². The molecule has 0 saturated heterocycles. The van der Waals surface area contributed by atoms with Crippen molar-refractivity contribution in [2.24, 2.45) is 0 Å². The number of aryl methyl sites for hydroxylation is 2. The number of carbonyl (C=O) groups excluding carboxylic acids is 2. The average Bonchev–Trinajstić information content (AvgIpc) is 2.90. The van der Waals surface area contributed by atoms with Gasteiger partial charge >= 0.3 is 0 Å². The highest BCUT2D eigenvalue weighted by Gasteiger charge is 2.33. The third-order valence-electron chi connectivity index (χ3n) is 6.48. The van der Waals surface area contributed by atoms with Gasteiger partial charge in [0.25, 0.3) is 10.0 Å². The van der Waals surface area contributed by atoms with Crippen LogP contribution in [0.15, 0.2) is 71.6 Å². The second kappa shape index (κ2) is 13.5. The van der Waals surface area contributed by atoms with E-state index in [1.54, 1.807) is 49.4 Å². The first kappa shape index (κ1) is 31.5. The van der Waals surface area contributed by atoms with Crippen LogP contribution >= 0.6 is 23.2 Å². The van der Waals surface area contributed by atoms with Crippen LogP contribution in [-0.4, -0.2) is 43.8 Å². The summed E-state index contributed by atoms with van der Waals surface area (Å²) in [5.41, 5.74) is 2.66. The number of hydrogen-bond donors (Lipinski definition) is 1. The van der Waals surface area contributed by atoms with Gasteiger partial charge in [0.2, 0.25) is 11.8 Å². The average molecular weight is 605 g/mol. The molecule has 0 bridgehead atoms. The maximum atomic E-state index is 14.0. The van der Waals surface area contributed by atoms with E-state index in [1.807, 2.05) is 39.8 Å². The first-order chi connectivity index (χ1) is 18.8. The van der Waals surface area contributed by atoms with Gasteiger partial charge in [-0.15, -0.1) is 0 Å². The molecule has 0 spiro atoms. The van der Waals surface area contributed by atoms with Gasteiger partial charge in [-0.25, -0.2) is 8.42 Å². The largest absolute Gasteiger partial charge is 0.352 e. The van der Waals surface area contributed by atoms with Crippen LogP contribution in [0.1, 0.15) is 44.4 Å². The fourth-order valence-corrected chi connectivity index (χ4v) is 6.15. The lowest BCUT2D eigenvalue weighted by atomic mass is 10.1. The highest BCUT2D eigenvalue weighted by molar-refractivity contribution is 7.92. The van der Waals surface area contributed by atoms with Gasteiger partial charge in [-0.3, -0.25) is 13.9 Å². The Morgan fingerprint density at radius 2 is 1.57 bits per heavy atom. The molecule has 3 rings (SSSR count). The predicted molar refractivity (Wildman–Crippen MR) is 161 cm³/mol. The van der Waals surface area contributed by atoms with E-state index in [-0.39, 0.29) is 23.4 Å². The number of sulfonamides is 1. The van der Waals surface area contributed by atoms with Crippen molar-refractivity contribution in [2.45, 2.75) is 64.6 Å². The maximum Gasteiger partial charge on any atom is 0.264 e. The molecule has 0 aliphatic rings. The van der Waals surface area contributed by atoms with E-state index in [9.17, 15) is 18.0 Å². The number of carbonyl (C=O) groups is 2. The molecule has 0 fully saturated rings. The fraction of sp³-hybridized carbons (Fsp3) is 0.333. The zero-order valence-corrected chi connectivity index (χ0v) is 25.6. The molecule has 10 heteroatoms. The highest BCUT2D eigenvalue weighted by atomic mass is 35.5. The van der Waals surface area contributed by atoms with Crippen LogP contribution in [0.3, 0.4) is 0 Å². The first-order valence-electron chi connectivity index (χ1n) is 13.1. The number of benzene rings is 3. The van der Waals surface area contributed by atoms with Gasteiger partial charge in [0.15, 0.2) is 0 Å². The molecular formula is C30H35Cl2N3O4S. The Balaban J connectivity index is 2.09. The maximum absolute atomic E-state index is 14.0. The molecule has 0 aromatic heterocycles. The summed E-state index contributed by atoms with van der Waals surface area (Å²) in [4.78, 5) is 28.5. The molecule has 3 aromatic rings. The van der Waals surface area contributed by atoms with E-state index < -0.39 is 28.5 Å². The number of rotatable bonds is 11. The monoisotopic (exact) mass is 603 g/mol. The Morgan fingerprint density at radius 1 is 0.925 bits per heavy atom. The molecule has 0 aliphatic heterocycles. The van der Waals surface area contributed by atoms with Gasteiger partial charge in [-0.1, -0.05) is 72.1 Å². The van der Waals surface area contributed by atoms with Crippen LogP contribution in [0.5, 0.6) is 0 Å². The lowest BCUT2D eigenvalue weighted by Crippen LogP contribution is -2.52. The third-order valence-corrected chi connectivity index (χ3v) is 8.84. The Labute approximate surface area is 247 Å². The van der Waals surface area contributed by atoms with Crippen LogP contribution in [0.4, 0.5) is 5.69 Å². The van der Waals surface area contributed by atoms with Crippen LogP contribution in [0.2, 0.25) is 10.0 Å². The molecular weight excluding hydrogens is 569 g/mol. The Morgan fingerprint density at radius 3 is 2.17 bits per heavy atom. The van der Waals surface area contributed by atoms with Gasteiger partial charge in [0.05, 0.1) is 10.6 Å². The number of para-hydroxylation sites is 1. The molecule has 2 amide bonds. The molecule has 0 saturated carbocycles. The number of amides is 2. The molecule has 214 valence electrons. The topological polar surface area (TPSA) is 86.8 Å². The molecule has 40 heavy (non-hydrogen) atoms. The minimum absolute atomic E-state index is 0.0185. The molecule has 1 atom stereocenters. The van der Waals surface area contributed by atoms with E-state index in [0.717, 1.165) is 15.4 Å². The van der Waals surface area contributed by atoms with Crippen LogP contribution < -0.4 is 9.62 Å². The van der Waals surface area contributed by atoms with Crippen molar-refractivity contribution in [3.05, 3.63) is 93.5 Å². The number of hydrogen-bond acceptors (Lipinski definition) is 4. The molecule has 0 radical (unpaired) electrons. The molecule has 0 heterocycles. The van der Waals surface area contributed by atoms with Crippen molar-refractivity contribution >= 4 is 50.7 Å². The quantitative estimate of drug-likeness (QED) is 0.291. The van der Waals surface area contributed by atoms with Gasteiger partial charge in [-0.05, 0) is 75.6 Å². The Bertz CT molecular complexity index is 1460. The summed E-state index contributed by atoms with van der Waals surface area (Å²) >= 11 is 12.5. The van der Waals surface area contributed by atoms with Gasteiger partial charge in [0.1, 0.15) is 12.6 Å². The van der Waals surface area contributed by atoms with Crippen LogP contribution in [0, 0.1) is 6.92 Å². The van der Waals surface area contributed by atoms with Crippen molar-refractivity contribution < 1.29 is 18.0 Å². The first-order valence-corrected chi connectivity index (χ1v) is 15.3. The van der Waals surface area contributed by atoms with Crippen molar-refractivity contribution in [2.75, 3.05) is 10.8 Å². The number of anilines is 1. The SMILES string of the molecule is CCc1ccccc1N(CC(=O)N(Cc1ccc(Cl)cc1Cl)[C@H](C)C(=O)NC(C)C)S(=O)(=O)c1ccc(C)cc1. The van der Waals surface area contributed by atoms with Crippen molar-refractivity contribution in [3.8, 4) is 0 Å². The minimum Gasteiger partial charge on any atom is -0.352 e. The predicted octanol–water partition coefficient (Wildman–Crippen LogP) is 6.00. The lowest BCUT2D eigenvalue weighted by molar-refractivity contribution is -0.139. The normalized spacial score (nSPS) is 12.2. The van der Waals surface area contributed by atoms with Crippen LogP contribution in [0.25, 0.3) is 0 Å². The smallest absolute Gasteiger partial charge is 0.264 e. The van der Waals surface area contributed by atoms with E-state index >= 15 is 0 Å². The van der Waals surface area contributed by atoms with Gasteiger partial charge < -0.3 is 10.2 Å². The summed E-state index contributed by atoms with van der Waals surface area (Å²) < 4.78 is 29.1. The molecule has 0 aliphatic carbocycles. The second-order valence-electron chi connectivity index (χ2n) is 9.90. The van der Waals surface area contributed by atoms with E-state index in [1.165, 1.54) is 17.0 Å². The lowest BCUT2D eigenvalue weighted by Gasteiger charge is -2.33. The summed E-state index contributed by atoms with van der Waals surface area (Å²) in [5, 5.41) is 3.60. The van der Waals surface area contributed by atoms with Gasteiger partial charge in [0, 0.05) is 22.6 Å². The molecule has 3 aromatic carbocycles. The zero-order valence-electron chi connectivity index (χ0n) is 23.3. The highest BCUT2D eigenvalue weighted by Crippen LogP contribution is 2.29. The summed E-state index contributed by atoms with van der Waals surface area (Å²) in [6, 6.07) is 17.4. The molecule has 0 unspecified atom stereocenters. The summed E-state index contributed by atoms with van der Waals surface area (Å²) in [6.07, 6.45) is 0.557. The third kappa shape index (κ3) is 7.56. The van der Waals surface area contributed by atoms with Crippen molar-refractivity contribution in [1.82, 2.24) is 10.2 Å². The summed E-state index contributed by atoms with van der Waals surface area (Å²) in [6.45, 7) is 8.51. The number of nitrogens with zero attached hydrogens (tertiary/aromatic N) is 2. The number of halogens is 2. The van der Waals surface area contributed by atoms with Gasteiger partial charge in [-0.2, -0.15) is 0 Å². The zero-order chi connectivity index (χ0) is 29.6. The van der Waals surface area contributed by atoms with Crippen LogP contribution in [-0.2, 0) is 32.6 Å². The van der Waals surface area contributed by atoms with E-state index in [2.05, 4.69) is 5.32 Å². The standard InChI is InChI=1S/C30H35Cl2N3O4S/c1-6-23-9-7-8-10-28(23)35(40(38,39)26-15-11-21(4)12-16-26)19-29(36)34(22(5)30(37)33-20(2)3)18-24-13-14-25(31)17-27(24)32/h7-17,20,22H,6,18-19H2,1-5H3,(H,33,37)/t22-/m1/s1. The second-order valence-corrected chi connectivity index (χ2v) is 12.6. The fourth-order valence-electron chi connectivity index (χ4n) is 4.23. The summed E-state index contributed by atoms with van der Waals surface area (Å²) in [7, 11) is -4.14. The van der Waals surface area contributed by atoms with E-state index in [4.69, 9.17) is 23.2 Å². The number of nitrogens with one attached hydrogen (secondary N) is 1. The Kier molecular flexibility index (Phi) is 10.6. The molecule has 7 nitrogen and oxygen atoms in total. The van der Waals surface area contributed by atoms with Crippen molar-refractivity contribution in [3.63, 3.8) is 0 Å². The summed E-state index contributed by atoms with van der Waals surface area (Å²) in [5.74, 6) is -0.922.